The number of rotatable bonds is 2. The van der Waals surface area contributed by atoms with Crippen LogP contribution >= 0.6 is 50.9 Å². The van der Waals surface area contributed by atoms with E-state index in [4.69, 9.17) is 23.2 Å². The smallest absolute Gasteiger partial charge is 0.264 e. The second kappa shape index (κ2) is 7.09. The maximum Gasteiger partial charge on any atom is 0.264 e. The van der Waals surface area contributed by atoms with Crippen molar-refractivity contribution in [2.45, 2.75) is 0 Å². The number of thioether (sulfide) groups is 1. The van der Waals surface area contributed by atoms with Crippen LogP contribution in [0.4, 0.5) is 5.69 Å². The van der Waals surface area contributed by atoms with Gasteiger partial charge in [-0.05, 0) is 47.7 Å². The van der Waals surface area contributed by atoms with Gasteiger partial charge in [0.1, 0.15) is 0 Å². The minimum Gasteiger partial charge on any atom is -0.300 e. The number of benzene rings is 2. The molecule has 1 aliphatic heterocycles. The average molecular weight is 428 g/mol. The molecule has 1 fully saturated rings. The van der Waals surface area contributed by atoms with Crippen molar-refractivity contribution < 1.29 is 4.79 Å². The van der Waals surface area contributed by atoms with Crippen LogP contribution in [0.15, 0.2) is 56.8 Å². The fourth-order valence-electron chi connectivity index (χ4n) is 1.92. The number of hydrogen-bond donors (Lipinski definition) is 1. The zero-order valence-corrected chi connectivity index (χ0v) is 15.4. The van der Waals surface area contributed by atoms with Crippen molar-refractivity contribution in [3.05, 3.63) is 67.5 Å². The van der Waals surface area contributed by atoms with E-state index in [9.17, 15) is 4.79 Å². The summed E-state index contributed by atoms with van der Waals surface area (Å²) < 4.78 is 0.954. The molecule has 0 aromatic heterocycles. The van der Waals surface area contributed by atoms with Gasteiger partial charge in [0.15, 0.2) is 5.17 Å². The SMILES string of the molecule is O=C1NC(=Nc2cccc(Cl)c2Cl)S/C1=C\c1cccc(Br)c1. The topological polar surface area (TPSA) is 41.5 Å². The largest absolute Gasteiger partial charge is 0.300 e. The van der Waals surface area contributed by atoms with Crippen molar-refractivity contribution in [1.29, 1.82) is 0 Å². The van der Waals surface area contributed by atoms with Crippen molar-refractivity contribution in [1.82, 2.24) is 5.32 Å². The highest BCUT2D eigenvalue weighted by molar-refractivity contribution is 9.10. The minimum absolute atomic E-state index is 0.188. The first-order chi connectivity index (χ1) is 11.0. The van der Waals surface area contributed by atoms with Gasteiger partial charge >= 0.3 is 0 Å². The van der Waals surface area contributed by atoms with E-state index in [1.165, 1.54) is 11.8 Å². The first-order valence-electron chi connectivity index (χ1n) is 6.52. The second-order valence-corrected chi connectivity index (χ2v) is 7.34. The van der Waals surface area contributed by atoms with E-state index in [0.717, 1.165) is 10.0 Å². The number of amidine groups is 1. The molecule has 7 heteroatoms. The molecule has 0 spiro atoms. The molecule has 0 unspecified atom stereocenters. The van der Waals surface area contributed by atoms with Crippen LogP contribution in [0.25, 0.3) is 6.08 Å². The summed E-state index contributed by atoms with van der Waals surface area (Å²) in [5.41, 5.74) is 1.45. The van der Waals surface area contributed by atoms with Crippen LogP contribution < -0.4 is 5.32 Å². The molecule has 0 aliphatic carbocycles. The monoisotopic (exact) mass is 426 g/mol. The summed E-state index contributed by atoms with van der Waals surface area (Å²) in [5.74, 6) is -0.188. The number of halogens is 3. The first-order valence-corrected chi connectivity index (χ1v) is 8.88. The fourth-order valence-corrected chi connectivity index (χ4v) is 3.51. The lowest BCUT2D eigenvalue weighted by Gasteiger charge is -2.00. The van der Waals surface area contributed by atoms with Crippen molar-refractivity contribution >= 4 is 73.7 Å². The van der Waals surface area contributed by atoms with Gasteiger partial charge in [-0.2, -0.15) is 0 Å². The first kappa shape index (κ1) is 16.6. The predicted octanol–water partition coefficient (Wildman–Crippen LogP) is 5.65. The number of hydrogen-bond acceptors (Lipinski definition) is 3. The number of carbonyl (C=O) groups is 1. The summed E-state index contributed by atoms with van der Waals surface area (Å²) in [7, 11) is 0. The van der Waals surface area contributed by atoms with Gasteiger partial charge in [-0.3, -0.25) is 4.79 Å². The highest BCUT2D eigenvalue weighted by Gasteiger charge is 2.24. The van der Waals surface area contributed by atoms with E-state index in [-0.39, 0.29) is 5.91 Å². The van der Waals surface area contributed by atoms with Crippen LogP contribution in [0.1, 0.15) is 5.56 Å². The summed E-state index contributed by atoms with van der Waals surface area (Å²) in [6, 6.07) is 12.9. The third-order valence-corrected chi connectivity index (χ3v) is 5.16. The molecular formula is C16H9BrCl2N2OS. The molecule has 1 heterocycles. The minimum atomic E-state index is -0.188. The van der Waals surface area contributed by atoms with Gasteiger partial charge in [-0.15, -0.1) is 0 Å². The Bertz CT molecular complexity index is 852. The Balaban J connectivity index is 1.88. The van der Waals surface area contributed by atoms with Crippen molar-refractivity contribution in [3.63, 3.8) is 0 Å². The van der Waals surface area contributed by atoms with Crippen LogP contribution in [-0.2, 0) is 4.79 Å². The van der Waals surface area contributed by atoms with E-state index in [0.29, 0.717) is 25.8 Å². The number of aliphatic imine (C=N–C) groups is 1. The van der Waals surface area contributed by atoms with Crippen molar-refractivity contribution in [2.24, 2.45) is 4.99 Å². The maximum atomic E-state index is 12.1. The molecule has 2 aromatic rings. The van der Waals surface area contributed by atoms with E-state index >= 15 is 0 Å². The average Bonchev–Trinajstić information content (AvgIpc) is 2.84. The number of amides is 1. The maximum absolute atomic E-state index is 12.1. The highest BCUT2D eigenvalue weighted by atomic mass is 79.9. The van der Waals surface area contributed by atoms with Crippen LogP contribution in [0.2, 0.25) is 10.0 Å². The molecule has 0 atom stereocenters. The van der Waals surface area contributed by atoms with E-state index in [1.807, 2.05) is 30.3 Å². The molecular weight excluding hydrogens is 419 g/mol. The molecule has 1 N–H and O–H groups in total. The molecule has 0 radical (unpaired) electrons. The molecule has 116 valence electrons. The van der Waals surface area contributed by atoms with Crippen LogP contribution in [0, 0.1) is 0 Å². The summed E-state index contributed by atoms with van der Waals surface area (Å²) in [4.78, 5) is 17.0. The quantitative estimate of drug-likeness (QED) is 0.629. The molecule has 3 rings (SSSR count). The van der Waals surface area contributed by atoms with Gasteiger partial charge in [0.05, 0.1) is 20.6 Å². The zero-order chi connectivity index (χ0) is 16.4. The highest BCUT2D eigenvalue weighted by Crippen LogP contribution is 2.34. The van der Waals surface area contributed by atoms with Crippen LogP contribution in [-0.4, -0.2) is 11.1 Å². The Hall–Kier alpha value is -1.27. The second-order valence-electron chi connectivity index (χ2n) is 4.61. The Labute approximate surface area is 155 Å². The molecule has 1 amide bonds. The van der Waals surface area contributed by atoms with Gasteiger partial charge in [-0.25, -0.2) is 4.99 Å². The standard InChI is InChI=1S/C16H9BrCl2N2OS/c17-10-4-1-3-9(7-10)8-13-15(22)21-16(23-13)20-12-6-2-5-11(18)14(12)19/h1-8H,(H,20,21,22)/b13-8-. The van der Waals surface area contributed by atoms with Gasteiger partial charge in [-0.1, -0.05) is 57.3 Å². The van der Waals surface area contributed by atoms with Gasteiger partial charge < -0.3 is 5.32 Å². The Morgan fingerprint density at radius 3 is 2.74 bits per heavy atom. The summed E-state index contributed by atoms with van der Waals surface area (Å²) in [5, 5.41) is 3.98. The fraction of sp³-hybridized carbons (Fsp3) is 0. The molecule has 0 saturated carbocycles. The van der Waals surface area contributed by atoms with Gasteiger partial charge in [0.25, 0.3) is 5.91 Å². The molecule has 3 nitrogen and oxygen atoms in total. The van der Waals surface area contributed by atoms with E-state index in [2.05, 4.69) is 26.2 Å². The summed E-state index contributed by atoms with van der Waals surface area (Å²) in [6.07, 6.45) is 1.81. The Morgan fingerprint density at radius 1 is 1.17 bits per heavy atom. The normalized spacial score (nSPS) is 17.8. The Kier molecular flexibility index (Phi) is 5.11. The number of nitrogens with one attached hydrogen (secondary N) is 1. The van der Waals surface area contributed by atoms with Gasteiger partial charge in [0, 0.05) is 4.47 Å². The third-order valence-electron chi connectivity index (χ3n) is 2.95. The van der Waals surface area contributed by atoms with Gasteiger partial charge in [0.2, 0.25) is 0 Å². The zero-order valence-electron chi connectivity index (χ0n) is 11.5. The lowest BCUT2D eigenvalue weighted by Crippen LogP contribution is -2.19. The third kappa shape index (κ3) is 3.98. The van der Waals surface area contributed by atoms with Crippen LogP contribution in [0.3, 0.4) is 0 Å². The molecule has 1 aliphatic rings. The summed E-state index contributed by atoms with van der Waals surface area (Å²) in [6.45, 7) is 0. The molecule has 2 aromatic carbocycles. The van der Waals surface area contributed by atoms with E-state index < -0.39 is 0 Å². The Morgan fingerprint density at radius 2 is 1.96 bits per heavy atom. The number of nitrogens with zero attached hydrogens (tertiary/aromatic N) is 1. The predicted molar refractivity (Wildman–Crippen MR) is 101 cm³/mol. The van der Waals surface area contributed by atoms with E-state index in [1.54, 1.807) is 18.2 Å². The van der Waals surface area contributed by atoms with Crippen LogP contribution in [0.5, 0.6) is 0 Å². The molecule has 23 heavy (non-hydrogen) atoms. The lowest BCUT2D eigenvalue weighted by molar-refractivity contribution is -0.115. The lowest BCUT2D eigenvalue weighted by atomic mass is 10.2. The molecule has 0 bridgehead atoms. The van der Waals surface area contributed by atoms with Crippen molar-refractivity contribution in [3.8, 4) is 0 Å². The summed E-state index contributed by atoms with van der Waals surface area (Å²) >= 11 is 16.8. The number of carbonyl (C=O) groups excluding carboxylic acids is 1. The molecule has 1 saturated heterocycles. The van der Waals surface area contributed by atoms with Crippen molar-refractivity contribution in [2.75, 3.05) is 0 Å².